The molecule has 2 nitrogen and oxygen atoms in total. The fraction of sp³-hybridized carbons (Fsp3) is 0.133. The van der Waals surface area contributed by atoms with Crippen molar-refractivity contribution in [2.45, 2.75) is 0 Å². The molecule has 0 saturated heterocycles. The van der Waals surface area contributed by atoms with E-state index >= 15 is 0 Å². The number of anilines is 1. The highest BCUT2D eigenvalue weighted by Crippen LogP contribution is 2.25. The zero-order chi connectivity index (χ0) is 13.8. The topological polar surface area (TPSA) is 20.3 Å². The summed E-state index contributed by atoms with van der Waals surface area (Å²) in [5, 5.41) is 1.18. The Hall–Kier alpha value is -1.14. The molecule has 98 valence electrons. The summed E-state index contributed by atoms with van der Waals surface area (Å²) >= 11 is 3.89. The van der Waals surface area contributed by atoms with Crippen molar-refractivity contribution < 1.29 is 4.79 Å². The van der Waals surface area contributed by atoms with Crippen molar-refractivity contribution in [1.29, 1.82) is 0 Å². The second kappa shape index (κ2) is 6.34. The number of nitrogens with zero attached hydrogens (tertiary/aromatic N) is 1. The predicted octanol–water partition coefficient (Wildman–Crippen LogP) is 4.31. The molecular weight excluding hydrogens is 369 g/mol. The lowest BCUT2D eigenvalue weighted by Crippen LogP contribution is -2.05. The third-order valence-corrected chi connectivity index (χ3v) is 4.52. The lowest BCUT2D eigenvalue weighted by molar-refractivity contribution is 0.104. The molecule has 0 radical (unpaired) electrons. The minimum Gasteiger partial charge on any atom is -0.370 e. The second-order valence-corrected chi connectivity index (χ2v) is 6.61. The summed E-state index contributed by atoms with van der Waals surface area (Å²) in [6, 6.07) is 11.7. The van der Waals surface area contributed by atoms with E-state index in [1.165, 1.54) is 5.00 Å². The van der Waals surface area contributed by atoms with E-state index in [0.717, 1.165) is 14.0 Å². The van der Waals surface area contributed by atoms with E-state index in [-0.39, 0.29) is 5.78 Å². The van der Waals surface area contributed by atoms with Crippen molar-refractivity contribution >= 4 is 50.8 Å². The van der Waals surface area contributed by atoms with Gasteiger partial charge in [-0.2, -0.15) is 0 Å². The van der Waals surface area contributed by atoms with Gasteiger partial charge in [0.2, 0.25) is 0 Å². The summed E-state index contributed by atoms with van der Waals surface area (Å²) in [6.45, 7) is 0. The fourth-order valence-electron chi connectivity index (χ4n) is 1.54. The summed E-state index contributed by atoms with van der Waals surface area (Å²) in [6.07, 6.45) is 3.51. The Morgan fingerprint density at radius 1 is 1.16 bits per heavy atom. The third-order valence-electron chi connectivity index (χ3n) is 2.58. The van der Waals surface area contributed by atoms with Crippen molar-refractivity contribution in [3.63, 3.8) is 0 Å². The molecule has 0 N–H and O–H groups in total. The number of hydrogen-bond acceptors (Lipinski definition) is 3. The number of carbonyl (C=O) groups excluding carboxylic acids is 1. The van der Waals surface area contributed by atoms with E-state index in [4.69, 9.17) is 0 Å². The number of rotatable bonds is 4. The molecule has 0 amide bonds. The number of benzene rings is 1. The van der Waals surface area contributed by atoms with Crippen LogP contribution in [0.5, 0.6) is 0 Å². The van der Waals surface area contributed by atoms with Gasteiger partial charge < -0.3 is 4.90 Å². The van der Waals surface area contributed by atoms with Gasteiger partial charge in [0.15, 0.2) is 5.78 Å². The van der Waals surface area contributed by atoms with E-state index in [1.807, 2.05) is 50.5 Å². The zero-order valence-corrected chi connectivity index (χ0v) is 13.7. The summed E-state index contributed by atoms with van der Waals surface area (Å²) in [7, 11) is 4.02. The lowest BCUT2D eigenvalue weighted by Gasteiger charge is -2.06. The van der Waals surface area contributed by atoms with Gasteiger partial charge in [-0.1, -0.05) is 12.1 Å². The molecule has 4 heteroatoms. The van der Waals surface area contributed by atoms with Crippen molar-refractivity contribution in [2.75, 3.05) is 19.0 Å². The molecule has 0 saturated carbocycles. The molecule has 0 aliphatic carbocycles. The van der Waals surface area contributed by atoms with Crippen LogP contribution in [0.2, 0.25) is 0 Å². The van der Waals surface area contributed by atoms with E-state index in [0.29, 0.717) is 0 Å². The van der Waals surface area contributed by atoms with Crippen LogP contribution in [0.4, 0.5) is 5.00 Å². The van der Waals surface area contributed by atoms with E-state index < -0.39 is 0 Å². The average Bonchev–Trinajstić information content (AvgIpc) is 2.86. The smallest absolute Gasteiger partial charge is 0.185 e. The standard InChI is InChI=1S/C15H14INOS/c1-17(2)15-10-8-13(19-15)7-9-14(18)11-3-5-12(16)6-4-11/h3-10H,1-2H3/b9-7+. The first kappa shape index (κ1) is 14.3. The van der Waals surface area contributed by atoms with Gasteiger partial charge in [-0.3, -0.25) is 4.79 Å². The summed E-state index contributed by atoms with van der Waals surface area (Å²) in [4.78, 5) is 15.1. The Balaban J connectivity index is 2.09. The van der Waals surface area contributed by atoms with Gasteiger partial charge in [0.25, 0.3) is 0 Å². The van der Waals surface area contributed by atoms with Gasteiger partial charge in [-0.05, 0) is 59.0 Å². The maximum absolute atomic E-state index is 12.0. The highest BCUT2D eigenvalue weighted by molar-refractivity contribution is 14.1. The number of carbonyl (C=O) groups is 1. The molecule has 0 bridgehead atoms. The zero-order valence-electron chi connectivity index (χ0n) is 10.8. The number of thiophene rings is 1. The van der Waals surface area contributed by atoms with E-state index in [9.17, 15) is 4.79 Å². The quantitative estimate of drug-likeness (QED) is 0.446. The first-order valence-electron chi connectivity index (χ1n) is 5.81. The van der Waals surface area contributed by atoms with Crippen molar-refractivity contribution in [3.8, 4) is 0 Å². The molecule has 0 aliphatic rings. The van der Waals surface area contributed by atoms with E-state index in [2.05, 4.69) is 33.6 Å². The number of halogens is 1. The van der Waals surface area contributed by atoms with Crippen LogP contribution < -0.4 is 4.90 Å². The molecule has 0 spiro atoms. The van der Waals surface area contributed by atoms with Gasteiger partial charge in [-0.15, -0.1) is 11.3 Å². The molecule has 0 atom stereocenters. The molecule has 0 fully saturated rings. The molecule has 1 aromatic heterocycles. The van der Waals surface area contributed by atoms with Gasteiger partial charge in [0.1, 0.15) is 0 Å². The van der Waals surface area contributed by atoms with Crippen molar-refractivity contribution in [1.82, 2.24) is 0 Å². The molecule has 19 heavy (non-hydrogen) atoms. The highest BCUT2D eigenvalue weighted by atomic mass is 127. The molecule has 0 unspecified atom stereocenters. The molecule has 2 aromatic rings. The summed E-state index contributed by atoms with van der Waals surface area (Å²) in [5.41, 5.74) is 0.723. The highest BCUT2D eigenvalue weighted by Gasteiger charge is 2.02. The van der Waals surface area contributed by atoms with Gasteiger partial charge >= 0.3 is 0 Å². The fourth-order valence-corrected chi connectivity index (χ4v) is 2.73. The van der Waals surface area contributed by atoms with Gasteiger partial charge in [0.05, 0.1) is 5.00 Å². The SMILES string of the molecule is CN(C)c1ccc(/C=C/C(=O)c2ccc(I)cc2)s1. The van der Waals surface area contributed by atoms with Crippen molar-refractivity contribution in [2.24, 2.45) is 0 Å². The third kappa shape index (κ3) is 3.91. The lowest BCUT2D eigenvalue weighted by atomic mass is 10.1. The van der Waals surface area contributed by atoms with Crippen LogP contribution in [0.15, 0.2) is 42.5 Å². The first-order chi connectivity index (χ1) is 9.06. The molecule has 0 aliphatic heterocycles. The Bertz CT molecular complexity index is 599. The average molecular weight is 383 g/mol. The van der Waals surface area contributed by atoms with Gasteiger partial charge in [0, 0.05) is 28.1 Å². The van der Waals surface area contributed by atoms with Crippen LogP contribution in [-0.2, 0) is 0 Å². The number of ketones is 1. The maximum Gasteiger partial charge on any atom is 0.185 e. The summed E-state index contributed by atoms with van der Waals surface area (Å²) in [5.74, 6) is 0.0382. The van der Waals surface area contributed by atoms with Gasteiger partial charge in [-0.25, -0.2) is 0 Å². The monoisotopic (exact) mass is 383 g/mol. The minimum absolute atomic E-state index is 0.0382. The Morgan fingerprint density at radius 2 is 1.84 bits per heavy atom. The predicted molar refractivity (Wildman–Crippen MR) is 91.2 cm³/mol. The molecular formula is C15H14INOS. The molecule has 1 heterocycles. The van der Waals surface area contributed by atoms with Crippen LogP contribution in [0.3, 0.4) is 0 Å². The number of hydrogen-bond donors (Lipinski definition) is 0. The van der Waals surface area contributed by atoms with Crippen LogP contribution >= 0.6 is 33.9 Å². The Labute approximate surface area is 130 Å². The Kier molecular flexibility index (Phi) is 4.76. The van der Waals surface area contributed by atoms with E-state index in [1.54, 1.807) is 17.4 Å². The number of allylic oxidation sites excluding steroid dienone is 1. The minimum atomic E-state index is 0.0382. The Morgan fingerprint density at radius 3 is 2.42 bits per heavy atom. The van der Waals surface area contributed by atoms with Crippen LogP contribution in [0.1, 0.15) is 15.2 Å². The molecule has 2 rings (SSSR count). The maximum atomic E-state index is 12.0. The largest absolute Gasteiger partial charge is 0.370 e. The van der Waals surface area contributed by atoms with Crippen LogP contribution in [0, 0.1) is 3.57 Å². The summed E-state index contributed by atoms with van der Waals surface area (Å²) < 4.78 is 1.13. The second-order valence-electron chi connectivity index (χ2n) is 4.27. The van der Waals surface area contributed by atoms with Crippen LogP contribution in [-0.4, -0.2) is 19.9 Å². The normalized spacial score (nSPS) is 10.9. The first-order valence-corrected chi connectivity index (χ1v) is 7.71. The molecule has 1 aromatic carbocycles. The van der Waals surface area contributed by atoms with Crippen molar-refractivity contribution in [3.05, 3.63) is 56.5 Å². The van der Waals surface area contributed by atoms with Crippen LogP contribution in [0.25, 0.3) is 6.08 Å².